The Labute approximate surface area is 181 Å². The molecule has 1 aromatic heterocycles. The van der Waals surface area contributed by atoms with Crippen LogP contribution in [-0.2, 0) is 4.79 Å². The van der Waals surface area contributed by atoms with Crippen LogP contribution in [0.15, 0.2) is 89.3 Å². The Morgan fingerprint density at radius 3 is 2.26 bits per heavy atom. The van der Waals surface area contributed by atoms with E-state index in [9.17, 15) is 9.59 Å². The topological polar surface area (TPSA) is 62.6 Å². The Hall–Kier alpha value is -3.86. The quantitative estimate of drug-likeness (QED) is 0.482. The molecule has 4 aromatic rings. The number of carbonyl (C=O) groups is 2. The van der Waals surface area contributed by atoms with Crippen LogP contribution in [0.3, 0.4) is 0 Å². The van der Waals surface area contributed by atoms with Crippen LogP contribution in [0.4, 0.5) is 0 Å². The van der Waals surface area contributed by atoms with E-state index in [4.69, 9.17) is 4.42 Å². The van der Waals surface area contributed by atoms with E-state index in [1.807, 2.05) is 79.7 Å². The third-order valence-corrected chi connectivity index (χ3v) is 5.49. The Morgan fingerprint density at radius 2 is 1.55 bits per heavy atom. The molecule has 5 heteroatoms. The maximum absolute atomic E-state index is 12.6. The second-order valence-corrected chi connectivity index (χ2v) is 7.49. The van der Waals surface area contributed by atoms with Crippen LogP contribution in [0.25, 0.3) is 22.1 Å². The van der Waals surface area contributed by atoms with Gasteiger partial charge >= 0.3 is 0 Å². The highest BCUT2D eigenvalue weighted by atomic mass is 16.3. The van der Waals surface area contributed by atoms with Crippen LogP contribution in [0.5, 0.6) is 0 Å². The zero-order valence-electron chi connectivity index (χ0n) is 17.5. The van der Waals surface area contributed by atoms with E-state index in [0.717, 1.165) is 22.1 Å². The first-order valence-corrected chi connectivity index (χ1v) is 10.2. The van der Waals surface area contributed by atoms with Gasteiger partial charge in [-0.05, 0) is 42.3 Å². The zero-order chi connectivity index (χ0) is 21.8. The summed E-state index contributed by atoms with van der Waals surface area (Å²) in [5.41, 5.74) is 3.43. The van der Waals surface area contributed by atoms with Crippen LogP contribution in [0.2, 0.25) is 0 Å². The summed E-state index contributed by atoms with van der Waals surface area (Å²) in [7, 11) is 1.71. The Balaban J connectivity index is 1.35. The van der Waals surface area contributed by atoms with Crippen molar-refractivity contribution < 1.29 is 14.0 Å². The molecule has 0 aliphatic rings. The minimum atomic E-state index is -0.280. The molecular weight excluding hydrogens is 388 g/mol. The first kappa shape index (κ1) is 20.4. The van der Waals surface area contributed by atoms with Crippen molar-refractivity contribution in [3.63, 3.8) is 0 Å². The normalized spacial score (nSPS) is 11.8. The first-order valence-electron chi connectivity index (χ1n) is 10.2. The number of rotatable bonds is 6. The SMILES string of the molecule is CC(c1cc2ccccc2o1)N(C)C(=O)CNC(=O)c1ccc(-c2ccccc2)cc1. The fourth-order valence-electron chi connectivity index (χ4n) is 3.44. The summed E-state index contributed by atoms with van der Waals surface area (Å²) in [5, 5.41) is 3.71. The number of benzene rings is 3. The third kappa shape index (κ3) is 4.51. The van der Waals surface area contributed by atoms with E-state index >= 15 is 0 Å². The number of nitrogens with one attached hydrogen (secondary N) is 1. The summed E-state index contributed by atoms with van der Waals surface area (Å²) < 4.78 is 5.86. The molecule has 1 heterocycles. The highest BCUT2D eigenvalue weighted by Crippen LogP contribution is 2.26. The van der Waals surface area contributed by atoms with Crippen LogP contribution in [0, 0.1) is 0 Å². The number of fused-ring (bicyclic) bond motifs is 1. The molecule has 0 aliphatic carbocycles. The highest BCUT2D eigenvalue weighted by molar-refractivity contribution is 5.96. The lowest BCUT2D eigenvalue weighted by Gasteiger charge is -2.23. The summed E-state index contributed by atoms with van der Waals surface area (Å²) in [6.45, 7) is 1.82. The average molecular weight is 412 g/mol. The smallest absolute Gasteiger partial charge is 0.251 e. The van der Waals surface area contributed by atoms with Crippen molar-refractivity contribution in [3.05, 3.63) is 96.3 Å². The molecule has 0 radical (unpaired) electrons. The molecule has 0 aliphatic heterocycles. The van der Waals surface area contributed by atoms with E-state index in [2.05, 4.69) is 5.32 Å². The fraction of sp³-hybridized carbons (Fsp3) is 0.154. The number of furan rings is 1. The number of carbonyl (C=O) groups excluding carboxylic acids is 2. The van der Waals surface area contributed by atoms with Gasteiger partial charge in [0.15, 0.2) is 0 Å². The predicted octanol–water partition coefficient (Wildman–Crippen LogP) is 5.05. The number of hydrogen-bond donors (Lipinski definition) is 1. The molecule has 1 atom stereocenters. The van der Waals surface area contributed by atoms with E-state index in [1.54, 1.807) is 24.1 Å². The number of nitrogens with zero attached hydrogens (tertiary/aromatic N) is 1. The number of amides is 2. The van der Waals surface area contributed by atoms with Crippen LogP contribution >= 0.6 is 0 Å². The van der Waals surface area contributed by atoms with Gasteiger partial charge < -0.3 is 14.6 Å². The zero-order valence-corrected chi connectivity index (χ0v) is 17.5. The van der Waals surface area contributed by atoms with Crippen molar-refractivity contribution in [2.45, 2.75) is 13.0 Å². The van der Waals surface area contributed by atoms with Gasteiger partial charge in [-0.3, -0.25) is 9.59 Å². The van der Waals surface area contributed by atoms with Crippen molar-refractivity contribution in [3.8, 4) is 11.1 Å². The number of likely N-dealkylation sites (N-methyl/N-ethyl adjacent to an activating group) is 1. The molecule has 0 spiro atoms. The summed E-state index contributed by atoms with van der Waals surface area (Å²) in [4.78, 5) is 26.7. The van der Waals surface area contributed by atoms with Crippen LogP contribution in [0.1, 0.15) is 29.1 Å². The molecule has 0 saturated heterocycles. The lowest BCUT2D eigenvalue weighted by Crippen LogP contribution is -2.39. The van der Waals surface area contributed by atoms with Gasteiger partial charge in [0.2, 0.25) is 5.91 Å². The molecule has 4 rings (SSSR count). The second kappa shape index (κ2) is 8.88. The Morgan fingerprint density at radius 1 is 0.903 bits per heavy atom. The van der Waals surface area contributed by atoms with Gasteiger partial charge in [-0.1, -0.05) is 60.7 Å². The van der Waals surface area contributed by atoms with Crippen molar-refractivity contribution >= 4 is 22.8 Å². The van der Waals surface area contributed by atoms with Gasteiger partial charge in [-0.15, -0.1) is 0 Å². The largest absolute Gasteiger partial charge is 0.459 e. The summed E-state index contributed by atoms with van der Waals surface area (Å²) in [5.74, 6) is 0.236. The molecule has 1 N–H and O–H groups in total. The molecule has 0 fully saturated rings. The van der Waals surface area contributed by atoms with E-state index < -0.39 is 0 Å². The first-order chi connectivity index (χ1) is 15.0. The van der Waals surface area contributed by atoms with Gasteiger partial charge in [0.1, 0.15) is 11.3 Å². The van der Waals surface area contributed by atoms with Gasteiger partial charge in [0.25, 0.3) is 5.91 Å². The highest BCUT2D eigenvalue weighted by Gasteiger charge is 2.21. The molecule has 3 aromatic carbocycles. The van der Waals surface area contributed by atoms with E-state index in [0.29, 0.717) is 11.3 Å². The minimum Gasteiger partial charge on any atom is -0.459 e. The maximum Gasteiger partial charge on any atom is 0.251 e. The molecule has 5 nitrogen and oxygen atoms in total. The molecule has 31 heavy (non-hydrogen) atoms. The van der Waals surface area contributed by atoms with Gasteiger partial charge in [0, 0.05) is 18.0 Å². The molecule has 156 valence electrons. The second-order valence-electron chi connectivity index (χ2n) is 7.49. The standard InChI is InChI=1S/C26H24N2O3/c1-18(24-16-22-10-6-7-11-23(22)31-24)28(2)25(29)17-27-26(30)21-14-12-20(13-15-21)19-8-4-3-5-9-19/h3-16,18H,17H2,1-2H3,(H,27,30). The summed E-state index contributed by atoms with van der Waals surface area (Å²) >= 11 is 0. The van der Waals surface area contributed by atoms with Crippen molar-refractivity contribution in [2.24, 2.45) is 0 Å². The van der Waals surface area contributed by atoms with Crippen molar-refractivity contribution in [2.75, 3.05) is 13.6 Å². The summed E-state index contributed by atoms with van der Waals surface area (Å²) in [6.07, 6.45) is 0. The van der Waals surface area contributed by atoms with Gasteiger partial charge in [0.05, 0.1) is 12.6 Å². The minimum absolute atomic E-state index is 0.0830. The van der Waals surface area contributed by atoms with Crippen molar-refractivity contribution in [1.82, 2.24) is 10.2 Å². The molecule has 0 bridgehead atoms. The number of hydrogen-bond acceptors (Lipinski definition) is 3. The van der Waals surface area contributed by atoms with Crippen LogP contribution < -0.4 is 5.32 Å². The molecular formula is C26H24N2O3. The predicted molar refractivity (Wildman–Crippen MR) is 122 cm³/mol. The molecule has 0 saturated carbocycles. The van der Waals surface area contributed by atoms with Crippen molar-refractivity contribution in [1.29, 1.82) is 0 Å². The van der Waals surface area contributed by atoms with Crippen LogP contribution in [-0.4, -0.2) is 30.3 Å². The maximum atomic E-state index is 12.6. The Kier molecular flexibility index (Phi) is 5.85. The van der Waals surface area contributed by atoms with Gasteiger partial charge in [-0.25, -0.2) is 0 Å². The monoisotopic (exact) mass is 412 g/mol. The van der Waals surface area contributed by atoms with E-state index in [-0.39, 0.29) is 24.4 Å². The lowest BCUT2D eigenvalue weighted by molar-refractivity contribution is -0.131. The Bertz CT molecular complexity index is 1160. The molecule has 2 amide bonds. The van der Waals surface area contributed by atoms with E-state index in [1.165, 1.54) is 0 Å². The average Bonchev–Trinajstić information content (AvgIpc) is 3.26. The number of para-hydroxylation sites is 1. The molecule has 1 unspecified atom stereocenters. The fourth-order valence-corrected chi connectivity index (χ4v) is 3.44. The third-order valence-electron chi connectivity index (χ3n) is 5.49. The lowest BCUT2D eigenvalue weighted by atomic mass is 10.0. The summed E-state index contributed by atoms with van der Waals surface area (Å²) in [6, 6.07) is 26.7. The van der Waals surface area contributed by atoms with Gasteiger partial charge in [-0.2, -0.15) is 0 Å².